The summed E-state index contributed by atoms with van der Waals surface area (Å²) in [6.07, 6.45) is 4.08. The van der Waals surface area contributed by atoms with Gasteiger partial charge in [0.1, 0.15) is 0 Å². The molecule has 2 rings (SSSR count). The van der Waals surface area contributed by atoms with E-state index in [4.69, 9.17) is 16.3 Å². The minimum Gasteiger partial charge on any atom is -0.469 e. The molecule has 0 spiro atoms. The van der Waals surface area contributed by atoms with Gasteiger partial charge in [0.05, 0.1) is 13.5 Å². The average Bonchev–Trinajstić information content (AvgIpc) is 2.27. The highest BCUT2D eigenvalue weighted by molar-refractivity contribution is 6.30. The molecule has 0 amide bonds. The number of ether oxygens (including phenoxy) is 1. The SMILES string of the molecule is COC(=O)CC(C)(c1ccc(Cl)cc1)C1CCC1. The van der Waals surface area contributed by atoms with Gasteiger partial charge in [-0.25, -0.2) is 0 Å². The Bertz CT molecular complexity index is 423. The van der Waals surface area contributed by atoms with E-state index in [0.717, 1.165) is 5.02 Å². The minimum absolute atomic E-state index is 0.129. The molecule has 2 nitrogen and oxygen atoms in total. The van der Waals surface area contributed by atoms with Gasteiger partial charge in [-0.3, -0.25) is 4.79 Å². The first-order valence-electron chi connectivity index (χ1n) is 6.39. The summed E-state index contributed by atoms with van der Waals surface area (Å²) in [6.45, 7) is 2.16. The Morgan fingerprint density at radius 1 is 1.39 bits per heavy atom. The Kier molecular flexibility index (Phi) is 3.96. The van der Waals surface area contributed by atoms with Crippen molar-refractivity contribution in [3.05, 3.63) is 34.9 Å². The van der Waals surface area contributed by atoms with Crippen LogP contribution in [0.15, 0.2) is 24.3 Å². The maximum Gasteiger partial charge on any atom is 0.306 e. The van der Waals surface area contributed by atoms with E-state index in [-0.39, 0.29) is 11.4 Å². The van der Waals surface area contributed by atoms with Gasteiger partial charge in [-0.05, 0) is 36.5 Å². The Balaban J connectivity index is 2.28. The third-order valence-corrected chi connectivity index (χ3v) is 4.50. The molecule has 0 aromatic heterocycles. The average molecular weight is 267 g/mol. The summed E-state index contributed by atoms with van der Waals surface area (Å²) in [5.74, 6) is 0.428. The molecule has 0 saturated heterocycles. The number of methoxy groups -OCH3 is 1. The molecule has 1 aliphatic rings. The number of halogens is 1. The molecule has 18 heavy (non-hydrogen) atoms. The first kappa shape index (κ1) is 13.4. The lowest BCUT2D eigenvalue weighted by atomic mass is 9.61. The molecule has 1 unspecified atom stereocenters. The topological polar surface area (TPSA) is 26.3 Å². The molecule has 0 N–H and O–H groups in total. The van der Waals surface area contributed by atoms with Crippen LogP contribution in [0.1, 0.15) is 38.2 Å². The van der Waals surface area contributed by atoms with Crippen molar-refractivity contribution in [2.45, 2.75) is 38.0 Å². The summed E-state index contributed by atoms with van der Waals surface area (Å²) in [5.41, 5.74) is 1.05. The Hall–Kier alpha value is -1.02. The summed E-state index contributed by atoms with van der Waals surface area (Å²) in [6, 6.07) is 7.85. The van der Waals surface area contributed by atoms with Crippen LogP contribution in [-0.4, -0.2) is 13.1 Å². The van der Waals surface area contributed by atoms with Crippen molar-refractivity contribution in [1.82, 2.24) is 0 Å². The van der Waals surface area contributed by atoms with E-state index in [9.17, 15) is 4.79 Å². The predicted octanol–water partition coefficient (Wildman–Crippen LogP) is 3.96. The van der Waals surface area contributed by atoms with E-state index in [1.165, 1.54) is 31.9 Å². The van der Waals surface area contributed by atoms with E-state index in [1.807, 2.05) is 24.3 Å². The van der Waals surface area contributed by atoms with Crippen LogP contribution in [0, 0.1) is 5.92 Å². The van der Waals surface area contributed by atoms with Gasteiger partial charge in [0.25, 0.3) is 0 Å². The maximum atomic E-state index is 11.7. The number of hydrogen-bond donors (Lipinski definition) is 0. The van der Waals surface area contributed by atoms with Crippen LogP contribution >= 0.6 is 11.6 Å². The van der Waals surface area contributed by atoms with Crippen LogP contribution in [0.25, 0.3) is 0 Å². The highest BCUT2D eigenvalue weighted by Gasteiger charge is 2.41. The smallest absolute Gasteiger partial charge is 0.306 e. The van der Waals surface area contributed by atoms with E-state index in [2.05, 4.69) is 6.92 Å². The number of esters is 1. The molecule has 1 atom stereocenters. The van der Waals surface area contributed by atoms with Crippen LogP contribution < -0.4 is 0 Å². The first-order chi connectivity index (χ1) is 8.56. The molecule has 0 bridgehead atoms. The van der Waals surface area contributed by atoms with Crippen molar-refractivity contribution in [3.63, 3.8) is 0 Å². The van der Waals surface area contributed by atoms with Crippen molar-refractivity contribution in [2.24, 2.45) is 5.92 Å². The normalized spacial score (nSPS) is 18.8. The number of hydrogen-bond acceptors (Lipinski definition) is 2. The largest absolute Gasteiger partial charge is 0.469 e. The van der Waals surface area contributed by atoms with Crippen LogP contribution in [0.5, 0.6) is 0 Å². The van der Waals surface area contributed by atoms with Crippen LogP contribution in [0.2, 0.25) is 5.02 Å². The van der Waals surface area contributed by atoms with Crippen molar-refractivity contribution >= 4 is 17.6 Å². The lowest BCUT2D eigenvalue weighted by Crippen LogP contribution is -2.38. The van der Waals surface area contributed by atoms with Gasteiger partial charge in [-0.1, -0.05) is 37.1 Å². The van der Waals surface area contributed by atoms with E-state index >= 15 is 0 Å². The van der Waals surface area contributed by atoms with Gasteiger partial charge < -0.3 is 4.74 Å². The molecule has 0 radical (unpaired) electrons. The zero-order valence-electron chi connectivity index (χ0n) is 10.9. The van der Waals surface area contributed by atoms with Crippen molar-refractivity contribution in [1.29, 1.82) is 0 Å². The molecule has 0 heterocycles. The summed E-state index contributed by atoms with van der Waals surface area (Å²) >= 11 is 5.93. The van der Waals surface area contributed by atoms with E-state index in [0.29, 0.717) is 12.3 Å². The predicted molar refractivity (Wildman–Crippen MR) is 72.8 cm³/mol. The Morgan fingerprint density at radius 3 is 2.44 bits per heavy atom. The number of rotatable bonds is 4. The molecule has 1 aromatic carbocycles. The number of carbonyl (C=O) groups is 1. The number of benzene rings is 1. The molecule has 1 aromatic rings. The number of carbonyl (C=O) groups excluding carboxylic acids is 1. The quantitative estimate of drug-likeness (QED) is 0.771. The van der Waals surface area contributed by atoms with Gasteiger partial charge in [0.2, 0.25) is 0 Å². The summed E-state index contributed by atoms with van der Waals surface area (Å²) in [5, 5.41) is 0.729. The molecule has 0 aliphatic heterocycles. The van der Waals surface area contributed by atoms with Crippen LogP contribution in [0.4, 0.5) is 0 Å². The van der Waals surface area contributed by atoms with Crippen molar-refractivity contribution < 1.29 is 9.53 Å². The molecule has 1 aliphatic carbocycles. The van der Waals surface area contributed by atoms with Gasteiger partial charge >= 0.3 is 5.97 Å². The van der Waals surface area contributed by atoms with Gasteiger partial charge in [0.15, 0.2) is 0 Å². The summed E-state index contributed by atoms with van der Waals surface area (Å²) in [7, 11) is 1.45. The second-order valence-electron chi connectivity index (χ2n) is 5.31. The fraction of sp³-hybridized carbons (Fsp3) is 0.533. The highest BCUT2D eigenvalue weighted by atomic mass is 35.5. The van der Waals surface area contributed by atoms with Gasteiger partial charge in [-0.15, -0.1) is 0 Å². The van der Waals surface area contributed by atoms with E-state index in [1.54, 1.807) is 0 Å². The first-order valence-corrected chi connectivity index (χ1v) is 6.77. The molecular formula is C15H19ClO2. The van der Waals surface area contributed by atoms with Gasteiger partial charge in [0, 0.05) is 10.4 Å². The third-order valence-electron chi connectivity index (χ3n) is 4.25. The Labute approximate surface area is 113 Å². The van der Waals surface area contributed by atoms with Gasteiger partial charge in [-0.2, -0.15) is 0 Å². The lowest BCUT2D eigenvalue weighted by Gasteiger charge is -2.43. The molecule has 98 valence electrons. The fourth-order valence-electron chi connectivity index (χ4n) is 2.73. The zero-order chi connectivity index (χ0) is 13.2. The zero-order valence-corrected chi connectivity index (χ0v) is 11.7. The molecule has 1 fully saturated rings. The fourth-order valence-corrected chi connectivity index (χ4v) is 2.86. The maximum absolute atomic E-state index is 11.7. The van der Waals surface area contributed by atoms with E-state index < -0.39 is 0 Å². The standard InChI is InChI=1S/C15H19ClO2/c1-15(10-14(17)18-2,11-4-3-5-11)12-6-8-13(16)9-7-12/h6-9,11H,3-5,10H2,1-2H3. The second-order valence-corrected chi connectivity index (χ2v) is 5.74. The van der Waals surface area contributed by atoms with Crippen LogP contribution in [0.3, 0.4) is 0 Å². The highest BCUT2D eigenvalue weighted by Crippen LogP contribution is 2.46. The molecule has 3 heteroatoms. The monoisotopic (exact) mass is 266 g/mol. The molecular weight excluding hydrogens is 248 g/mol. The second kappa shape index (κ2) is 5.31. The lowest BCUT2D eigenvalue weighted by molar-refractivity contribution is -0.143. The van der Waals surface area contributed by atoms with Crippen LogP contribution in [-0.2, 0) is 14.9 Å². The Morgan fingerprint density at radius 2 is 2.00 bits per heavy atom. The third kappa shape index (κ3) is 2.54. The summed E-state index contributed by atoms with van der Waals surface area (Å²) in [4.78, 5) is 11.7. The van der Waals surface area contributed by atoms with Crippen molar-refractivity contribution in [3.8, 4) is 0 Å². The summed E-state index contributed by atoms with van der Waals surface area (Å²) < 4.78 is 4.84. The molecule has 1 saturated carbocycles. The van der Waals surface area contributed by atoms with Crippen molar-refractivity contribution in [2.75, 3.05) is 7.11 Å². The minimum atomic E-state index is -0.139.